The topological polar surface area (TPSA) is 68.0 Å². The van der Waals surface area contributed by atoms with Crippen molar-refractivity contribution in [1.29, 1.82) is 0 Å². The van der Waals surface area contributed by atoms with Crippen LogP contribution in [0, 0.1) is 6.92 Å². The second-order valence-electron chi connectivity index (χ2n) is 4.94. The van der Waals surface area contributed by atoms with Gasteiger partial charge in [-0.15, -0.1) is 11.3 Å². The normalized spacial score (nSPS) is 23.6. The summed E-state index contributed by atoms with van der Waals surface area (Å²) in [4.78, 5) is 17.2. The lowest BCUT2D eigenvalue weighted by molar-refractivity contribution is 0.0909. The third-order valence-corrected chi connectivity index (χ3v) is 4.61. The SMILES string of the molecule is Cc1nc(C(C)C)sc1C(=O)NC1CCC1N. The van der Waals surface area contributed by atoms with Gasteiger partial charge >= 0.3 is 0 Å². The van der Waals surface area contributed by atoms with Crippen molar-refractivity contribution in [1.82, 2.24) is 10.3 Å². The van der Waals surface area contributed by atoms with E-state index >= 15 is 0 Å². The van der Waals surface area contributed by atoms with Gasteiger partial charge < -0.3 is 11.1 Å². The van der Waals surface area contributed by atoms with E-state index in [2.05, 4.69) is 24.1 Å². The van der Waals surface area contributed by atoms with E-state index in [0.29, 0.717) is 5.92 Å². The van der Waals surface area contributed by atoms with Crippen LogP contribution in [-0.2, 0) is 0 Å². The number of nitrogens with zero attached hydrogens (tertiary/aromatic N) is 1. The van der Waals surface area contributed by atoms with Gasteiger partial charge in [-0.1, -0.05) is 13.8 Å². The van der Waals surface area contributed by atoms with E-state index in [1.807, 2.05) is 6.92 Å². The van der Waals surface area contributed by atoms with Crippen LogP contribution < -0.4 is 11.1 Å². The lowest BCUT2D eigenvalue weighted by atomic mass is 9.87. The molecule has 1 fully saturated rings. The summed E-state index contributed by atoms with van der Waals surface area (Å²) in [5, 5.41) is 4.00. The molecule has 2 rings (SSSR count). The maximum atomic E-state index is 12.1. The van der Waals surface area contributed by atoms with Crippen LogP contribution in [0.25, 0.3) is 0 Å². The van der Waals surface area contributed by atoms with Crippen LogP contribution in [0.15, 0.2) is 0 Å². The summed E-state index contributed by atoms with van der Waals surface area (Å²) in [6.07, 6.45) is 1.99. The molecule has 0 spiro atoms. The molecule has 0 aromatic carbocycles. The molecule has 0 aliphatic heterocycles. The highest BCUT2D eigenvalue weighted by Crippen LogP contribution is 2.25. The van der Waals surface area contributed by atoms with Gasteiger partial charge in [0, 0.05) is 18.0 Å². The fourth-order valence-corrected chi connectivity index (χ4v) is 2.79. The Balaban J connectivity index is 2.08. The van der Waals surface area contributed by atoms with Gasteiger partial charge in [0.1, 0.15) is 4.88 Å². The number of hydrogen-bond acceptors (Lipinski definition) is 4. The summed E-state index contributed by atoms with van der Waals surface area (Å²) in [5.41, 5.74) is 6.64. The lowest BCUT2D eigenvalue weighted by Crippen LogP contribution is -2.54. The molecular formula is C12H19N3OS. The highest BCUT2D eigenvalue weighted by molar-refractivity contribution is 7.13. The molecule has 0 bridgehead atoms. The summed E-state index contributed by atoms with van der Waals surface area (Å²) < 4.78 is 0. The number of carbonyl (C=O) groups is 1. The van der Waals surface area contributed by atoms with Crippen LogP contribution in [0.5, 0.6) is 0 Å². The van der Waals surface area contributed by atoms with Crippen molar-refractivity contribution < 1.29 is 4.79 Å². The van der Waals surface area contributed by atoms with E-state index in [1.165, 1.54) is 11.3 Å². The molecule has 2 atom stereocenters. The molecule has 0 radical (unpaired) electrons. The average Bonchev–Trinajstić information content (AvgIpc) is 2.66. The van der Waals surface area contributed by atoms with E-state index in [1.54, 1.807) is 0 Å². The summed E-state index contributed by atoms with van der Waals surface area (Å²) >= 11 is 1.49. The van der Waals surface area contributed by atoms with Gasteiger partial charge in [-0.05, 0) is 19.8 Å². The van der Waals surface area contributed by atoms with Crippen molar-refractivity contribution in [2.45, 2.75) is 51.6 Å². The molecule has 1 heterocycles. The van der Waals surface area contributed by atoms with Crippen molar-refractivity contribution in [2.75, 3.05) is 0 Å². The van der Waals surface area contributed by atoms with Crippen LogP contribution in [0.2, 0.25) is 0 Å². The Hall–Kier alpha value is -0.940. The molecule has 94 valence electrons. The number of aromatic nitrogens is 1. The second kappa shape index (κ2) is 4.74. The number of thiazole rings is 1. The van der Waals surface area contributed by atoms with Crippen LogP contribution in [0.1, 0.15) is 53.0 Å². The second-order valence-corrected chi connectivity index (χ2v) is 5.97. The molecule has 2 unspecified atom stereocenters. The Labute approximate surface area is 106 Å². The Morgan fingerprint density at radius 2 is 2.24 bits per heavy atom. The van der Waals surface area contributed by atoms with Gasteiger partial charge in [0.2, 0.25) is 0 Å². The summed E-state index contributed by atoms with van der Waals surface area (Å²) in [5.74, 6) is 0.346. The Morgan fingerprint density at radius 1 is 1.53 bits per heavy atom. The first-order chi connectivity index (χ1) is 7.99. The number of nitrogens with two attached hydrogens (primary N) is 1. The Kier molecular flexibility index (Phi) is 3.49. The van der Waals surface area contributed by atoms with Gasteiger partial charge in [0.25, 0.3) is 5.91 Å². The monoisotopic (exact) mass is 253 g/mol. The van der Waals surface area contributed by atoms with Crippen LogP contribution in [0.4, 0.5) is 0 Å². The minimum atomic E-state index is -0.0212. The van der Waals surface area contributed by atoms with Crippen molar-refractivity contribution >= 4 is 17.2 Å². The van der Waals surface area contributed by atoms with Gasteiger partial charge in [-0.25, -0.2) is 4.98 Å². The molecule has 1 saturated carbocycles. The van der Waals surface area contributed by atoms with E-state index in [-0.39, 0.29) is 18.0 Å². The number of rotatable bonds is 3. The number of carbonyl (C=O) groups excluding carboxylic acids is 1. The average molecular weight is 253 g/mol. The van der Waals surface area contributed by atoms with Crippen molar-refractivity contribution in [3.63, 3.8) is 0 Å². The summed E-state index contributed by atoms with van der Waals surface area (Å²) in [7, 11) is 0. The third-order valence-electron chi connectivity index (χ3n) is 3.16. The molecular weight excluding hydrogens is 234 g/mol. The highest BCUT2D eigenvalue weighted by atomic mass is 32.1. The van der Waals surface area contributed by atoms with Crippen LogP contribution >= 0.6 is 11.3 Å². The Bertz CT molecular complexity index is 427. The largest absolute Gasteiger partial charge is 0.347 e. The molecule has 1 aromatic heterocycles. The quantitative estimate of drug-likeness (QED) is 0.863. The maximum Gasteiger partial charge on any atom is 0.263 e. The third kappa shape index (κ3) is 2.50. The van der Waals surface area contributed by atoms with Crippen LogP contribution in [-0.4, -0.2) is 23.0 Å². The number of hydrogen-bond donors (Lipinski definition) is 2. The first kappa shape index (κ1) is 12.5. The van der Waals surface area contributed by atoms with Crippen molar-refractivity contribution in [3.8, 4) is 0 Å². The molecule has 5 heteroatoms. The van der Waals surface area contributed by atoms with Gasteiger partial charge in [-0.3, -0.25) is 4.79 Å². The van der Waals surface area contributed by atoms with Gasteiger partial charge in [0.15, 0.2) is 0 Å². The molecule has 0 saturated heterocycles. The molecule has 17 heavy (non-hydrogen) atoms. The molecule has 1 amide bonds. The Morgan fingerprint density at radius 3 is 2.65 bits per heavy atom. The van der Waals surface area contributed by atoms with Gasteiger partial charge in [-0.2, -0.15) is 0 Å². The zero-order valence-electron chi connectivity index (χ0n) is 10.5. The maximum absolute atomic E-state index is 12.1. The summed E-state index contributed by atoms with van der Waals surface area (Å²) in [6, 6.07) is 0.267. The predicted octanol–water partition coefficient (Wildman–Crippen LogP) is 1.79. The van der Waals surface area contributed by atoms with Crippen LogP contribution in [0.3, 0.4) is 0 Å². The molecule has 1 aromatic rings. The number of aryl methyl sites for hydroxylation is 1. The zero-order chi connectivity index (χ0) is 12.6. The minimum absolute atomic E-state index is 0.0212. The molecule has 1 aliphatic rings. The molecule has 4 nitrogen and oxygen atoms in total. The van der Waals surface area contributed by atoms with E-state index in [0.717, 1.165) is 28.4 Å². The van der Waals surface area contributed by atoms with Crippen molar-refractivity contribution in [3.05, 3.63) is 15.6 Å². The first-order valence-corrected chi connectivity index (χ1v) is 6.84. The van der Waals surface area contributed by atoms with E-state index < -0.39 is 0 Å². The molecule has 1 aliphatic carbocycles. The fraction of sp³-hybridized carbons (Fsp3) is 0.667. The van der Waals surface area contributed by atoms with E-state index in [4.69, 9.17) is 5.73 Å². The highest BCUT2D eigenvalue weighted by Gasteiger charge is 2.30. The molecule has 3 N–H and O–H groups in total. The minimum Gasteiger partial charge on any atom is -0.347 e. The number of amides is 1. The standard InChI is InChI=1S/C12H19N3OS/c1-6(2)12-14-7(3)10(17-12)11(16)15-9-5-4-8(9)13/h6,8-9H,4-5,13H2,1-3H3,(H,15,16). The fourth-order valence-electron chi connectivity index (χ4n) is 1.81. The number of nitrogens with one attached hydrogen (secondary N) is 1. The predicted molar refractivity (Wildman–Crippen MR) is 69.4 cm³/mol. The zero-order valence-corrected chi connectivity index (χ0v) is 11.3. The lowest BCUT2D eigenvalue weighted by Gasteiger charge is -2.33. The van der Waals surface area contributed by atoms with E-state index in [9.17, 15) is 4.79 Å². The van der Waals surface area contributed by atoms with Crippen molar-refractivity contribution in [2.24, 2.45) is 5.73 Å². The summed E-state index contributed by atoms with van der Waals surface area (Å²) in [6.45, 7) is 6.06. The van der Waals surface area contributed by atoms with Gasteiger partial charge in [0.05, 0.1) is 10.7 Å². The first-order valence-electron chi connectivity index (χ1n) is 6.02. The smallest absolute Gasteiger partial charge is 0.263 e.